The van der Waals surface area contributed by atoms with E-state index in [0.29, 0.717) is 11.3 Å². The summed E-state index contributed by atoms with van der Waals surface area (Å²) in [5.41, 5.74) is 0. The molecule has 5 heteroatoms. The van der Waals surface area contributed by atoms with Crippen LogP contribution in [0.4, 0.5) is 0 Å². The van der Waals surface area contributed by atoms with E-state index in [1.54, 1.807) is 12.1 Å². The highest BCUT2D eigenvalue weighted by Crippen LogP contribution is 2.12. The predicted octanol–water partition coefficient (Wildman–Crippen LogP) is 2.15. The lowest BCUT2D eigenvalue weighted by molar-refractivity contribution is 0.0992. The number of carbonyl (C=O) groups excluding carboxylic acids is 1. The van der Waals surface area contributed by atoms with Crippen LogP contribution in [0.15, 0.2) is 17.5 Å². The predicted molar refractivity (Wildman–Crippen MR) is 62.2 cm³/mol. The first-order chi connectivity index (χ1) is 7.05. The second-order valence-electron chi connectivity index (χ2n) is 3.30. The van der Waals surface area contributed by atoms with Gasteiger partial charge >= 0.3 is 0 Å². The van der Waals surface area contributed by atoms with Crippen LogP contribution in [0.3, 0.4) is 0 Å². The number of rotatable bonds is 6. The Morgan fingerprint density at radius 3 is 2.67 bits per heavy atom. The molecule has 0 saturated carbocycles. The van der Waals surface area contributed by atoms with Crippen molar-refractivity contribution < 1.29 is 13.2 Å². The number of sulfone groups is 1. The molecule has 0 aliphatic rings. The molecule has 1 rings (SSSR count). The van der Waals surface area contributed by atoms with Gasteiger partial charge in [0.1, 0.15) is 0 Å². The Balaban J connectivity index is 2.48. The van der Waals surface area contributed by atoms with Crippen LogP contribution >= 0.6 is 11.3 Å². The highest BCUT2D eigenvalue weighted by molar-refractivity contribution is 7.91. The topological polar surface area (TPSA) is 51.2 Å². The fraction of sp³-hybridized carbons (Fsp3) is 0.500. The van der Waals surface area contributed by atoms with Gasteiger partial charge in [0, 0.05) is 12.2 Å². The molecule has 0 aromatic carbocycles. The van der Waals surface area contributed by atoms with Crippen LogP contribution in [0.25, 0.3) is 0 Å². The minimum Gasteiger partial charge on any atom is -0.293 e. The lowest BCUT2D eigenvalue weighted by Gasteiger charge is -2.00. The molecule has 1 heterocycles. The third kappa shape index (κ3) is 4.13. The molecule has 15 heavy (non-hydrogen) atoms. The van der Waals surface area contributed by atoms with Gasteiger partial charge in [-0.1, -0.05) is 13.0 Å². The molecule has 0 atom stereocenters. The minimum absolute atomic E-state index is 0.0302. The standard InChI is InChI=1S/C10H14O3S2/c1-2-7-15(12,13)8-5-9(11)10-4-3-6-14-10/h3-4,6H,2,5,7-8H2,1H3. The zero-order valence-electron chi connectivity index (χ0n) is 8.60. The highest BCUT2D eigenvalue weighted by Gasteiger charge is 2.14. The van der Waals surface area contributed by atoms with Crippen LogP contribution in [0.5, 0.6) is 0 Å². The summed E-state index contributed by atoms with van der Waals surface area (Å²) in [6.45, 7) is 1.82. The van der Waals surface area contributed by atoms with E-state index in [2.05, 4.69) is 0 Å². The van der Waals surface area contributed by atoms with E-state index < -0.39 is 9.84 Å². The summed E-state index contributed by atoms with van der Waals surface area (Å²) in [6.07, 6.45) is 0.707. The van der Waals surface area contributed by atoms with Gasteiger partial charge in [0.2, 0.25) is 0 Å². The molecule has 84 valence electrons. The molecule has 0 N–H and O–H groups in total. The minimum atomic E-state index is -3.03. The molecule has 0 saturated heterocycles. The second kappa shape index (κ2) is 5.42. The number of ketones is 1. The zero-order chi connectivity index (χ0) is 11.3. The maximum atomic E-state index is 11.5. The van der Waals surface area contributed by atoms with Crippen LogP contribution in [0.1, 0.15) is 29.4 Å². The Hall–Kier alpha value is -0.680. The normalized spacial score (nSPS) is 11.5. The van der Waals surface area contributed by atoms with Gasteiger partial charge in [0.15, 0.2) is 15.6 Å². The average Bonchev–Trinajstić information content (AvgIpc) is 2.67. The zero-order valence-corrected chi connectivity index (χ0v) is 10.2. The van der Waals surface area contributed by atoms with Gasteiger partial charge in [-0.25, -0.2) is 8.42 Å². The molecule has 3 nitrogen and oxygen atoms in total. The monoisotopic (exact) mass is 246 g/mol. The Kier molecular flexibility index (Phi) is 4.47. The first kappa shape index (κ1) is 12.4. The van der Waals surface area contributed by atoms with E-state index in [-0.39, 0.29) is 23.7 Å². The number of hydrogen-bond donors (Lipinski definition) is 0. The van der Waals surface area contributed by atoms with Crippen molar-refractivity contribution in [1.29, 1.82) is 0 Å². The molecular weight excluding hydrogens is 232 g/mol. The fourth-order valence-corrected chi connectivity index (χ4v) is 3.24. The Morgan fingerprint density at radius 2 is 2.13 bits per heavy atom. The van der Waals surface area contributed by atoms with Gasteiger partial charge in [-0.2, -0.15) is 0 Å². The Labute approximate surface area is 94.0 Å². The lowest BCUT2D eigenvalue weighted by atomic mass is 10.3. The van der Waals surface area contributed by atoms with Crippen molar-refractivity contribution in [2.75, 3.05) is 11.5 Å². The summed E-state index contributed by atoms with van der Waals surface area (Å²) >= 11 is 1.35. The molecule has 0 unspecified atom stereocenters. The largest absolute Gasteiger partial charge is 0.293 e. The summed E-state index contributed by atoms with van der Waals surface area (Å²) in [5, 5.41) is 1.81. The smallest absolute Gasteiger partial charge is 0.173 e. The van der Waals surface area contributed by atoms with Crippen LogP contribution in [0.2, 0.25) is 0 Å². The summed E-state index contributed by atoms with van der Waals surface area (Å²) in [6, 6.07) is 3.51. The van der Waals surface area contributed by atoms with Gasteiger partial charge in [-0.05, 0) is 17.9 Å². The first-order valence-corrected chi connectivity index (χ1v) is 7.52. The third-order valence-electron chi connectivity index (χ3n) is 1.95. The van der Waals surface area contributed by atoms with E-state index in [9.17, 15) is 13.2 Å². The molecule has 0 aliphatic heterocycles. The average molecular weight is 246 g/mol. The highest BCUT2D eigenvalue weighted by atomic mass is 32.2. The van der Waals surface area contributed by atoms with Crippen molar-refractivity contribution in [3.8, 4) is 0 Å². The van der Waals surface area contributed by atoms with E-state index in [1.165, 1.54) is 11.3 Å². The maximum Gasteiger partial charge on any atom is 0.173 e. The lowest BCUT2D eigenvalue weighted by Crippen LogP contribution is -2.13. The molecule has 0 fully saturated rings. The first-order valence-electron chi connectivity index (χ1n) is 4.82. The molecule has 0 radical (unpaired) electrons. The van der Waals surface area contributed by atoms with Crippen molar-refractivity contribution >= 4 is 27.0 Å². The molecule has 1 aromatic heterocycles. The van der Waals surface area contributed by atoms with Gasteiger partial charge in [0.05, 0.1) is 10.6 Å². The van der Waals surface area contributed by atoms with E-state index in [4.69, 9.17) is 0 Å². The number of thiophene rings is 1. The third-order valence-corrected chi connectivity index (χ3v) is 4.72. The van der Waals surface area contributed by atoms with Crippen LogP contribution in [0, 0.1) is 0 Å². The number of hydrogen-bond acceptors (Lipinski definition) is 4. The molecule has 0 amide bonds. The van der Waals surface area contributed by atoms with Gasteiger partial charge in [-0.3, -0.25) is 4.79 Å². The van der Waals surface area contributed by atoms with Crippen LogP contribution < -0.4 is 0 Å². The molecule has 0 spiro atoms. The van der Waals surface area contributed by atoms with Gasteiger partial charge in [-0.15, -0.1) is 11.3 Å². The fourth-order valence-electron chi connectivity index (χ4n) is 1.22. The Bertz CT molecular complexity index is 404. The number of Topliss-reactive ketones (excluding diaryl/α,β-unsaturated/α-hetero) is 1. The summed E-state index contributed by atoms with van der Waals surface area (Å²) < 4.78 is 22.7. The second-order valence-corrected chi connectivity index (χ2v) is 6.55. The van der Waals surface area contributed by atoms with Gasteiger partial charge in [0.25, 0.3) is 0 Å². The van der Waals surface area contributed by atoms with Crippen molar-refractivity contribution in [3.63, 3.8) is 0 Å². The quantitative estimate of drug-likeness (QED) is 0.723. The van der Waals surface area contributed by atoms with Crippen LogP contribution in [-0.4, -0.2) is 25.7 Å². The number of carbonyl (C=O) groups is 1. The van der Waals surface area contributed by atoms with Crippen LogP contribution in [-0.2, 0) is 9.84 Å². The van der Waals surface area contributed by atoms with Crippen molar-refractivity contribution in [2.24, 2.45) is 0 Å². The SMILES string of the molecule is CCCS(=O)(=O)CCC(=O)c1cccs1. The molecular formula is C10H14O3S2. The van der Waals surface area contributed by atoms with Gasteiger partial charge < -0.3 is 0 Å². The maximum absolute atomic E-state index is 11.5. The van der Waals surface area contributed by atoms with Crippen molar-refractivity contribution in [2.45, 2.75) is 19.8 Å². The Morgan fingerprint density at radius 1 is 1.40 bits per heavy atom. The van der Waals surface area contributed by atoms with Crippen molar-refractivity contribution in [3.05, 3.63) is 22.4 Å². The molecule has 1 aromatic rings. The van der Waals surface area contributed by atoms with Crippen molar-refractivity contribution in [1.82, 2.24) is 0 Å². The summed E-state index contributed by atoms with van der Waals surface area (Å²) in [4.78, 5) is 12.1. The van der Waals surface area contributed by atoms with E-state index >= 15 is 0 Å². The summed E-state index contributed by atoms with van der Waals surface area (Å²) in [5.74, 6) is 0.0622. The molecule has 0 bridgehead atoms. The summed E-state index contributed by atoms with van der Waals surface area (Å²) in [7, 11) is -3.03. The molecule has 0 aliphatic carbocycles. The van der Waals surface area contributed by atoms with E-state index in [1.807, 2.05) is 12.3 Å². The van der Waals surface area contributed by atoms with E-state index in [0.717, 1.165) is 0 Å².